The SMILES string of the molecule is O=C([O-])CC(=O)[O-].[SnH2+2]. The van der Waals surface area contributed by atoms with Crippen LogP contribution in [0.25, 0.3) is 0 Å². The maximum atomic E-state index is 9.28. The number of carbonyl (C=O) groups excluding carboxylic acids is 2. The number of carboxylic acids is 2. The predicted octanol–water partition coefficient (Wildman–Crippen LogP) is -4.04. The first-order chi connectivity index (χ1) is 3.13. The van der Waals surface area contributed by atoms with Gasteiger partial charge in [0.05, 0.1) is 0 Å². The molecule has 0 spiro atoms. The fraction of sp³-hybridized carbons (Fsp3) is 0.333. The van der Waals surface area contributed by atoms with Gasteiger partial charge in [-0.05, 0) is 0 Å². The van der Waals surface area contributed by atoms with Crippen molar-refractivity contribution in [3.63, 3.8) is 0 Å². The fourth-order valence-corrected chi connectivity index (χ4v) is 0.118. The summed E-state index contributed by atoms with van der Waals surface area (Å²) in [5, 5.41) is 18.6. The van der Waals surface area contributed by atoms with E-state index in [0.29, 0.717) is 0 Å². The van der Waals surface area contributed by atoms with Crippen molar-refractivity contribution in [1.29, 1.82) is 0 Å². The van der Waals surface area contributed by atoms with Gasteiger partial charge in [-0.25, -0.2) is 0 Å². The second-order valence-corrected chi connectivity index (χ2v) is 0.921. The third-order valence-electron chi connectivity index (χ3n) is 0.289. The number of rotatable bonds is 2. The minimum atomic E-state index is -1.63. The Labute approximate surface area is 62.5 Å². The molecule has 0 aliphatic carbocycles. The molecule has 0 unspecified atom stereocenters. The van der Waals surface area contributed by atoms with Gasteiger partial charge in [0.1, 0.15) is 0 Å². The zero-order valence-electron chi connectivity index (χ0n) is 4.05. The maximum absolute atomic E-state index is 9.28. The quantitative estimate of drug-likeness (QED) is 0.352. The molecular formula is C3H4O4Sn. The van der Waals surface area contributed by atoms with Gasteiger partial charge >= 0.3 is 23.9 Å². The van der Waals surface area contributed by atoms with Gasteiger partial charge in [0.15, 0.2) is 0 Å². The van der Waals surface area contributed by atoms with Gasteiger partial charge in [0, 0.05) is 18.4 Å². The summed E-state index contributed by atoms with van der Waals surface area (Å²) >= 11 is 0. The van der Waals surface area contributed by atoms with Crippen LogP contribution >= 0.6 is 0 Å². The summed E-state index contributed by atoms with van der Waals surface area (Å²) in [5.74, 6) is -3.25. The number of hydrogen-bond donors (Lipinski definition) is 0. The average molecular weight is 223 g/mol. The summed E-state index contributed by atoms with van der Waals surface area (Å²) in [6.45, 7) is 0. The molecule has 0 radical (unpaired) electrons. The van der Waals surface area contributed by atoms with Crippen molar-refractivity contribution in [2.45, 2.75) is 6.42 Å². The second kappa shape index (κ2) is 4.89. The summed E-state index contributed by atoms with van der Waals surface area (Å²) in [6.07, 6.45) is -1.03. The van der Waals surface area contributed by atoms with E-state index in [2.05, 4.69) is 0 Å². The Morgan fingerprint density at radius 3 is 1.38 bits per heavy atom. The van der Waals surface area contributed by atoms with E-state index in [-0.39, 0.29) is 23.9 Å². The molecule has 0 rings (SSSR count). The standard InChI is InChI=1S/C3H4O4.Sn.2H/c4-2(5)1-3(6)7;;;/h1H2,(H,4,5)(H,6,7);;;/q;+2;;/p-2. The Morgan fingerprint density at radius 1 is 1.12 bits per heavy atom. The van der Waals surface area contributed by atoms with Crippen molar-refractivity contribution in [1.82, 2.24) is 0 Å². The topological polar surface area (TPSA) is 80.3 Å². The third kappa shape index (κ3) is 9.22. The molecule has 5 heteroatoms. The van der Waals surface area contributed by atoms with E-state index < -0.39 is 18.4 Å². The van der Waals surface area contributed by atoms with Crippen molar-refractivity contribution in [3.8, 4) is 0 Å². The first-order valence-electron chi connectivity index (χ1n) is 1.52. The molecule has 0 saturated carbocycles. The van der Waals surface area contributed by atoms with E-state index >= 15 is 0 Å². The van der Waals surface area contributed by atoms with E-state index in [0.717, 1.165) is 0 Å². The van der Waals surface area contributed by atoms with Gasteiger partial charge < -0.3 is 19.8 Å². The Hall–Kier alpha value is -0.261. The molecule has 0 aliphatic heterocycles. The van der Waals surface area contributed by atoms with E-state index in [1.54, 1.807) is 0 Å². The molecule has 4 nitrogen and oxygen atoms in total. The van der Waals surface area contributed by atoms with Crippen molar-refractivity contribution >= 4 is 35.8 Å². The van der Waals surface area contributed by atoms with Crippen molar-refractivity contribution in [3.05, 3.63) is 0 Å². The molecule has 0 aromatic carbocycles. The van der Waals surface area contributed by atoms with Gasteiger partial charge in [0.25, 0.3) is 0 Å². The number of carbonyl (C=O) groups is 2. The molecular weight excluding hydrogens is 219 g/mol. The predicted molar refractivity (Wildman–Crippen MR) is 23.2 cm³/mol. The van der Waals surface area contributed by atoms with E-state index in [9.17, 15) is 19.8 Å². The zero-order chi connectivity index (χ0) is 5.86. The Morgan fingerprint density at radius 2 is 1.38 bits per heavy atom. The molecule has 8 heavy (non-hydrogen) atoms. The van der Waals surface area contributed by atoms with Gasteiger partial charge in [-0.2, -0.15) is 0 Å². The van der Waals surface area contributed by atoms with Gasteiger partial charge in [-0.15, -0.1) is 0 Å². The molecule has 0 bridgehead atoms. The van der Waals surface area contributed by atoms with Crippen molar-refractivity contribution in [2.24, 2.45) is 0 Å². The monoisotopic (exact) mass is 224 g/mol. The fourth-order valence-electron chi connectivity index (χ4n) is 0.118. The summed E-state index contributed by atoms with van der Waals surface area (Å²) in [7, 11) is 0. The number of aliphatic carboxylic acids is 2. The summed E-state index contributed by atoms with van der Waals surface area (Å²) in [5.41, 5.74) is 0. The summed E-state index contributed by atoms with van der Waals surface area (Å²) < 4.78 is 0. The van der Waals surface area contributed by atoms with Crippen LogP contribution in [-0.4, -0.2) is 35.8 Å². The van der Waals surface area contributed by atoms with Crippen LogP contribution < -0.4 is 10.2 Å². The van der Waals surface area contributed by atoms with E-state index in [1.807, 2.05) is 0 Å². The zero-order valence-corrected chi connectivity index (χ0v) is 8.08. The molecule has 0 N–H and O–H groups in total. The second-order valence-electron chi connectivity index (χ2n) is 0.921. The van der Waals surface area contributed by atoms with Gasteiger partial charge in [-0.3, -0.25) is 0 Å². The Bertz CT molecular complexity index is 87.5. The van der Waals surface area contributed by atoms with Gasteiger partial charge in [0.2, 0.25) is 0 Å². The first-order valence-corrected chi connectivity index (χ1v) is 1.52. The van der Waals surface area contributed by atoms with Crippen LogP contribution in [0.3, 0.4) is 0 Å². The average Bonchev–Trinajstić information content (AvgIpc) is 1.27. The molecule has 0 aromatic heterocycles. The van der Waals surface area contributed by atoms with E-state index in [1.165, 1.54) is 0 Å². The number of carboxylic acid groups (broad SMARTS) is 2. The van der Waals surface area contributed by atoms with E-state index in [4.69, 9.17) is 0 Å². The van der Waals surface area contributed by atoms with Crippen LogP contribution in [0.2, 0.25) is 0 Å². The molecule has 0 aliphatic rings. The first kappa shape index (κ1) is 10.7. The molecule has 0 heterocycles. The Kier molecular flexibility index (Phi) is 6.52. The molecule has 0 saturated heterocycles. The normalized spacial score (nSPS) is 7.00. The summed E-state index contributed by atoms with van der Waals surface area (Å²) in [6, 6.07) is 0. The van der Waals surface area contributed by atoms with Crippen LogP contribution in [-0.2, 0) is 9.59 Å². The molecule has 44 valence electrons. The molecule has 0 amide bonds. The minimum absolute atomic E-state index is 0. The van der Waals surface area contributed by atoms with Crippen molar-refractivity contribution in [2.75, 3.05) is 0 Å². The van der Waals surface area contributed by atoms with Crippen LogP contribution in [0.1, 0.15) is 6.42 Å². The molecule has 0 atom stereocenters. The van der Waals surface area contributed by atoms with Crippen LogP contribution in [0, 0.1) is 0 Å². The third-order valence-corrected chi connectivity index (χ3v) is 0.289. The molecule has 0 aromatic rings. The van der Waals surface area contributed by atoms with Crippen LogP contribution in [0.15, 0.2) is 0 Å². The van der Waals surface area contributed by atoms with Crippen molar-refractivity contribution < 1.29 is 19.8 Å². The number of hydrogen-bond acceptors (Lipinski definition) is 4. The van der Waals surface area contributed by atoms with Gasteiger partial charge in [-0.1, -0.05) is 0 Å². The summed E-state index contributed by atoms with van der Waals surface area (Å²) in [4.78, 5) is 18.6. The Balaban J connectivity index is 0. The molecule has 0 fully saturated rings. The van der Waals surface area contributed by atoms with Crippen LogP contribution in [0.4, 0.5) is 0 Å². The van der Waals surface area contributed by atoms with Crippen LogP contribution in [0.5, 0.6) is 0 Å².